The van der Waals surface area contributed by atoms with Crippen LogP contribution in [0.5, 0.6) is 11.5 Å². The number of nitrogens with zero attached hydrogens (tertiary/aromatic N) is 1. The van der Waals surface area contributed by atoms with E-state index in [1.807, 2.05) is 24.3 Å². The first kappa shape index (κ1) is 20.3. The van der Waals surface area contributed by atoms with E-state index >= 15 is 0 Å². The Morgan fingerprint density at radius 2 is 1.12 bits per heavy atom. The van der Waals surface area contributed by atoms with Crippen LogP contribution in [0.25, 0.3) is 0 Å². The normalized spacial score (nSPS) is 10.9. The number of ether oxygens (including phenoxy) is 2. The van der Waals surface area contributed by atoms with Crippen molar-refractivity contribution in [3.05, 3.63) is 59.7 Å². The zero-order chi connectivity index (χ0) is 18.6. The highest BCUT2D eigenvalue weighted by molar-refractivity contribution is 5.27. The number of hydrogen-bond donors (Lipinski definition) is 1. The molecule has 4 nitrogen and oxygen atoms in total. The minimum Gasteiger partial charge on any atom is -0.497 e. The number of aryl methyl sites for hydroxylation is 2. The zero-order valence-electron chi connectivity index (χ0n) is 16.1. The fourth-order valence-electron chi connectivity index (χ4n) is 3.12. The summed E-state index contributed by atoms with van der Waals surface area (Å²) in [5.74, 6) is 1.83. The van der Waals surface area contributed by atoms with Crippen molar-refractivity contribution in [3.63, 3.8) is 0 Å². The molecular weight excluding hydrogens is 324 g/mol. The maximum absolute atomic E-state index is 5.79. The molecule has 0 bridgehead atoms. The highest BCUT2D eigenvalue weighted by Gasteiger charge is 2.05. The van der Waals surface area contributed by atoms with Gasteiger partial charge >= 0.3 is 0 Å². The van der Waals surface area contributed by atoms with Crippen molar-refractivity contribution in [2.75, 3.05) is 40.4 Å². The van der Waals surface area contributed by atoms with E-state index in [2.05, 4.69) is 29.2 Å². The highest BCUT2D eigenvalue weighted by atomic mass is 16.5. The first-order valence-electron chi connectivity index (χ1n) is 9.43. The van der Waals surface area contributed by atoms with Gasteiger partial charge in [-0.25, -0.2) is 0 Å². The molecule has 0 unspecified atom stereocenters. The van der Waals surface area contributed by atoms with E-state index in [-0.39, 0.29) is 0 Å². The Labute approximate surface area is 157 Å². The fraction of sp³-hybridized carbons (Fsp3) is 0.455. The van der Waals surface area contributed by atoms with E-state index in [4.69, 9.17) is 15.2 Å². The van der Waals surface area contributed by atoms with E-state index < -0.39 is 0 Å². The number of hydrogen-bond acceptors (Lipinski definition) is 4. The van der Waals surface area contributed by atoms with Gasteiger partial charge in [0.1, 0.15) is 11.5 Å². The van der Waals surface area contributed by atoms with Crippen molar-refractivity contribution >= 4 is 0 Å². The molecule has 0 saturated heterocycles. The number of nitrogens with two attached hydrogens (primary N) is 1. The minimum atomic E-state index is 0.713. The van der Waals surface area contributed by atoms with E-state index in [0.29, 0.717) is 6.54 Å². The van der Waals surface area contributed by atoms with Crippen LogP contribution in [0, 0.1) is 0 Å². The van der Waals surface area contributed by atoms with Gasteiger partial charge in [-0.15, -0.1) is 0 Å². The molecule has 0 radical (unpaired) electrons. The van der Waals surface area contributed by atoms with Gasteiger partial charge in [0, 0.05) is 13.1 Å². The summed E-state index contributed by atoms with van der Waals surface area (Å²) in [7, 11) is 3.40. The van der Waals surface area contributed by atoms with Gasteiger partial charge in [-0.05, 0) is 74.2 Å². The Morgan fingerprint density at radius 3 is 1.46 bits per heavy atom. The van der Waals surface area contributed by atoms with Crippen molar-refractivity contribution in [1.29, 1.82) is 0 Å². The van der Waals surface area contributed by atoms with Gasteiger partial charge < -0.3 is 20.1 Å². The van der Waals surface area contributed by atoms with E-state index in [1.54, 1.807) is 14.2 Å². The molecule has 2 aromatic rings. The summed E-state index contributed by atoms with van der Waals surface area (Å²) in [4.78, 5) is 2.48. The van der Waals surface area contributed by atoms with Crippen LogP contribution in [-0.4, -0.2) is 45.3 Å². The maximum atomic E-state index is 5.79. The first-order chi connectivity index (χ1) is 12.7. The second kappa shape index (κ2) is 11.6. The average Bonchev–Trinajstić information content (AvgIpc) is 2.69. The van der Waals surface area contributed by atoms with Crippen LogP contribution in [-0.2, 0) is 12.8 Å². The monoisotopic (exact) mass is 356 g/mol. The Balaban J connectivity index is 1.71. The molecular formula is C22H32N2O2. The lowest BCUT2D eigenvalue weighted by Gasteiger charge is -2.21. The van der Waals surface area contributed by atoms with Crippen LogP contribution >= 0.6 is 0 Å². The first-order valence-corrected chi connectivity index (χ1v) is 9.43. The second-order valence-corrected chi connectivity index (χ2v) is 6.53. The van der Waals surface area contributed by atoms with Crippen LogP contribution in [0.2, 0.25) is 0 Å². The summed E-state index contributed by atoms with van der Waals surface area (Å²) in [5.41, 5.74) is 8.51. The summed E-state index contributed by atoms with van der Waals surface area (Å²) in [6, 6.07) is 16.7. The van der Waals surface area contributed by atoms with Gasteiger partial charge in [-0.1, -0.05) is 24.3 Å². The Kier molecular flexibility index (Phi) is 9.01. The van der Waals surface area contributed by atoms with Gasteiger partial charge in [-0.2, -0.15) is 0 Å². The predicted molar refractivity (Wildman–Crippen MR) is 108 cm³/mol. The van der Waals surface area contributed by atoms with Crippen molar-refractivity contribution in [2.45, 2.75) is 25.7 Å². The van der Waals surface area contributed by atoms with Crippen LogP contribution in [0.15, 0.2) is 48.5 Å². The largest absolute Gasteiger partial charge is 0.497 e. The van der Waals surface area contributed by atoms with Gasteiger partial charge in [-0.3, -0.25) is 0 Å². The van der Waals surface area contributed by atoms with Crippen LogP contribution < -0.4 is 15.2 Å². The molecule has 0 amide bonds. The molecule has 142 valence electrons. The molecule has 0 spiro atoms. The molecule has 0 aromatic heterocycles. The molecule has 2 N–H and O–H groups in total. The van der Waals surface area contributed by atoms with Crippen molar-refractivity contribution < 1.29 is 9.47 Å². The summed E-state index contributed by atoms with van der Waals surface area (Å²) < 4.78 is 10.4. The lowest BCUT2D eigenvalue weighted by atomic mass is 10.1. The molecule has 2 aromatic carbocycles. The molecule has 0 aliphatic rings. The topological polar surface area (TPSA) is 47.7 Å². The van der Waals surface area contributed by atoms with Crippen LogP contribution in [0.4, 0.5) is 0 Å². The third-order valence-electron chi connectivity index (χ3n) is 4.64. The molecule has 0 saturated carbocycles. The molecule has 0 atom stereocenters. The highest BCUT2D eigenvalue weighted by Crippen LogP contribution is 2.14. The minimum absolute atomic E-state index is 0.713. The van der Waals surface area contributed by atoms with E-state index in [9.17, 15) is 0 Å². The Hall–Kier alpha value is -2.04. The summed E-state index contributed by atoms with van der Waals surface area (Å²) >= 11 is 0. The standard InChI is InChI=1S/C22H32N2O2/c1-25-21-11-7-19(8-12-21)5-3-16-24(18-15-23)17-4-6-20-9-13-22(26-2)14-10-20/h7-14H,3-6,15-18,23H2,1-2H3. The molecule has 26 heavy (non-hydrogen) atoms. The molecule has 2 rings (SSSR count). The van der Waals surface area contributed by atoms with Gasteiger partial charge in [0.05, 0.1) is 14.2 Å². The van der Waals surface area contributed by atoms with E-state index in [0.717, 1.165) is 56.8 Å². The number of benzene rings is 2. The number of methoxy groups -OCH3 is 2. The molecule has 0 aliphatic heterocycles. The van der Waals surface area contributed by atoms with Crippen molar-refractivity contribution in [2.24, 2.45) is 5.73 Å². The lowest BCUT2D eigenvalue weighted by molar-refractivity contribution is 0.274. The average molecular weight is 357 g/mol. The summed E-state index contributed by atoms with van der Waals surface area (Å²) in [6.45, 7) is 3.86. The van der Waals surface area contributed by atoms with E-state index in [1.165, 1.54) is 11.1 Å². The number of rotatable bonds is 12. The second-order valence-electron chi connectivity index (χ2n) is 6.53. The van der Waals surface area contributed by atoms with Crippen molar-refractivity contribution in [3.8, 4) is 11.5 Å². The Bertz CT molecular complexity index is 558. The van der Waals surface area contributed by atoms with Crippen LogP contribution in [0.3, 0.4) is 0 Å². The van der Waals surface area contributed by atoms with Gasteiger partial charge in [0.15, 0.2) is 0 Å². The molecule has 4 heteroatoms. The fourth-order valence-corrected chi connectivity index (χ4v) is 3.12. The van der Waals surface area contributed by atoms with Gasteiger partial charge in [0.25, 0.3) is 0 Å². The predicted octanol–water partition coefficient (Wildman–Crippen LogP) is 3.53. The Morgan fingerprint density at radius 1 is 0.692 bits per heavy atom. The van der Waals surface area contributed by atoms with Gasteiger partial charge in [0.2, 0.25) is 0 Å². The third kappa shape index (κ3) is 7.06. The zero-order valence-corrected chi connectivity index (χ0v) is 16.1. The lowest BCUT2D eigenvalue weighted by Crippen LogP contribution is -2.31. The summed E-state index contributed by atoms with van der Waals surface area (Å²) in [5, 5.41) is 0. The molecule has 0 aliphatic carbocycles. The third-order valence-corrected chi connectivity index (χ3v) is 4.64. The van der Waals surface area contributed by atoms with Crippen LogP contribution in [0.1, 0.15) is 24.0 Å². The smallest absolute Gasteiger partial charge is 0.118 e. The summed E-state index contributed by atoms with van der Waals surface area (Å²) in [6.07, 6.45) is 4.47. The SMILES string of the molecule is COc1ccc(CCCN(CCN)CCCc2ccc(OC)cc2)cc1. The quantitative estimate of drug-likeness (QED) is 0.632. The molecule has 0 fully saturated rings. The maximum Gasteiger partial charge on any atom is 0.118 e. The molecule has 0 heterocycles. The van der Waals surface area contributed by atoms with Crippen molar-refractivity contribution in [1.82, 2.24) is 4.90 Å².